The van der Waals surface area contributed by atoms with E-state index in [1.165, 1.54) is 24.0 Å². The van der Waals surface area contributed by atoms with Gasteiger partial charge in [0.05, 0.1) is 0 Å². The van der Waals surface area contributed by atoms with Crippen molar-refractivity contribution in [1.82, 2.24) is 5.32 Å². The van der Waals surface area contributed by atoms with Gasteiger partial charge >= 0.3 is 0 Å². The zero-order valence-corrected chi connectivity index (χ0v) is 12.8. The minimum absolute atomic E-state index is 0.212. The smallest absolute Gasteiger partial charge is 0.220 e. The number of hydrogen-bond acceptors (Lipinski definition) is 1. The molecule has 0 heterocycles. The molecule has 0 spiro atoms. The van der Waals surface area contributed by atoms with Crippen LogP contribution in [0.25, 0.3) is 0 Å². The largest absolute Gasteiger partial charge is 0.353 e. The Hall–Kier alpha value is -1.31. The van der Waals surface area contributed by atoms with Gasteiger partial charge in [0.2, 0.25) is 5.91 Å². The summed E-state index contributed by atoms with van der Waals surface area (Å²) in [7, 11) is 0. The molecule has 0 bridgehead atoms. The van der Waals surface area contributed by atoms with Gasteiger partial charge in [-0.05, 0) is 55.6 Å². The van der Waals surface area contributed by atoms with Gasteiger partial charge in [-0.25, -0.2) is 0 Å². The summed E-state index contributed by atoms with van der Waals surface area (Å²) in [5.41, 5.74) is 2.61. The van der Waals surface area contributed by atoms with Crippen molar-refractivity contribution in [2.24, 2.45) is 5.92 Å². The van der Waals surface area contributed by atoms with E-state index in [4.69, 9.17) is 0 Å². The lowest BCUT2D eigenvalue weighted by atomic mass is 9.87. The number of hydrogen-bond donors (Lipinski definition) is 1. The lowest BCUT2D eigenvalue weighted by Crippen LogP contribution is -2.37. The first kappa shape index (κ1) is 15.1. The second-order valence-electron chi connectivity index (χ2n) is 6.19. The van der Waals surface area contributed by atoms with Crippen molar-refractivity contribution in [2.75, 3.05) is 0 Å². The van der Waals surface area contributed by atoms with E-state index in [1.54, 1.807) is 0 Å². The van der Waals surface area contributed by atoms with Crippen molar-refractivity contribution < 1.29 is 4.79 Å². The third-order valence-electron chi connectivity index (χ3n) is 4.45. The molecule has 2 heteroatoms. The van der Waals surface area contributed by atoms with Gasteiger partial charge < -0.3 is 5.32 Å². The van der Waals surface area contributed by atoms with Crippen LogP contribution in [-0.2, 0) is 17.6 Å². The summed E-state index contributed by atoms with van der Waals surface area (Å²) < 4.78 is 0. The van der Waals surface area contributed by atoms with Crippen molar-refractivity contribution in [3.05, 3.63) is 35.4 Å². The molecule has 1 aromatic rings. The molecule has 0 saturated heterocycles. The summed E-state index contributed by atoms with van der Waals surface area (Å²) in [6, 6.07) is 9.04. The van der Waals surface area contributed by atoms with Crippen LogP contribution in [0.1, 0.15) is 57.1 Å². The molecule has 0 aliphatic heterocycles. The molecule has 1 N–H and O–H groups in total. The van der Waals surface area contributed by atoms with Gasteiger partial charge in [-0.15, -0.1) is 0 Å². The molecule has 1 aliphatic carbocycles. The highest BCUT2D eigenvalue weighted by Gasteiger charge is 2.19. The fraction of sp³-hybridized carbons (Fsp3) is 0.611. The number of benzene rings is 1. The first-order chi connectivity index (χ1) is 9.67. The lowest BCUT2D eigenvalue weighted by Gasteiger charge is -2.26. The summed E-state index contributed by atoms with van der Waals surface area (Å²) >= 11 is 0. The van der Waals surface area contributed by atoms with E-state index in [1.807, 2.05) is 0 Å². The predicted octanol–water partition coefficient (Wildman–Crippen LogP) is 3.88. The molecule has 20 heavy (non-hydrogen) atoms. The molecule has 0 aromatic heterocycles. The molecule has 0 atom stereocenters. The van der Waals surface area contributed by atoms with Gasteiger partial charge in [0.25, 0.3) is 0 Å². The lowest BCUT2D eigenvalue weighted by molar-refractivity contribution is -0.122. The predicted molar refractivity (Wildman–Crippen MR) is 83.7 cm³/mol. The second-order valence-corrected chi connectivity index (χ2v) is 6.19. The molecule has 1 fully saturated rings. The minimum atomic E-state index is 0.212. The van der Waals surface area contributed by atoms with E-state index in [2.05, 4.69) is 43.4 Å². The Bertz CT molecular complexity index is 416. The molecular formula is C18H27NO. The fourth-order valence-corrected chi connectivity index (χ4v) is 2.90. The molecule has 0 unspecified atom stereocenters. The molecule has 1 aliphatic rings. The average molecular weight is 273 g/mol. The van der Waals surface area contributed by atoms with Crippen LogP contribution in [0, 0.1) is 5.92 Å². The summed E-state index contributed by atoms with van der Waals surface area (Å²) in [6.07, 6.45) is 7.33. The van der Waals surface area contributed by atoms with Crippen molar-refractivity contribution >= 4 is 5.91 Å². The number of amides is 1. The Balaban J connectivity index is 1.71. The highest BCUT2D eigenvalue weighted by Crippen LogP contribution is 2.23. The Morgan fingerprint density at radius 3 is 2.30 bits per heavy atom. The SMILES string of the molecule is CCc1ccc(CCC(=O)NC2CCC(C)CC2)cc1. The molecule has 1 aromatic carbocycles. The van der Waals surface area contributed by atoms with Crippen LogP contribution in [0.15, 0.2) is 24.3 Å². The molecule has 0 radical (unpaired) electrons. The van der Waals surface area contributed by atoms with E-state index in [-0.39, 0.29) is 5.91 Å². The third-order valence-corrected chi connectivity index (χ3v) is 4.45. The van der Waals surface area contributed by atoms with Gasteiger partial charge in [-0.3, -0.25) is 4.79 Å². The summed E-state index contributed by atoms with van der Waals surface area (Å²) in [5, 5.41) is 3.19. The van der Waals surface area contributed by atoms with E-state index >= 15 is 0 Å². The Morgan fingerprint density at radius 1 is 1.10 bits per heavy atom. The van der Waals surface area contributed by atoms with E-state index in [0.29, 0.717) is 12.5 Å². The Kier molecular flexibility index (Phi) is 5.63. The first-order valence-electron chi connectivity index (χ1n) is 8.04. The van der Waals surface area contributed by atoms with Gasteiger partial charge in [-0.2, -0.15) is 0 Å². The van der Waals surface area contributed by atoms with Crippen LogP contribution in [-0.4, -0.2) is 11.9 Å². The standard InChI is InChI=1S/C18H27NO/c1-3-15-6-8-16(9-7-15)10-13-18(20)19-17-11-4-14(2)5-12-17/h6-9,14,17H,3-5,10-13H2,1-2H3,(H,19,20). The average Bonchev–Trinajstić information content (AvgIpc) is 2.48. The molecule has 1 amide bonds. The van der Waals surface area contributed by atoms with E-state index in [9.17, 15) is 4.79 Å². The highest BCUT2D eigenvalue weighted by molar-refractivity contribution is 5.76. The second kappa shape index (κ2) is 7.47. The molecule has 110 valence electrons. The maximum Gasteiger partial charge on any atom is 0.220 e. The maximum absolute atomic E-state index is 12.0. The fourth-order valence-electron chi connectivity index (χ4n) is 2.90. The normalized spacial score (nSPS) is 22.5. The zero-order chi connectivity index (χ0) is 14.4. The van der Waals surface area contributed by atoms with Crippen LogP contribution in [0.3, 0.4) is 0 Å². The quantitative estimate of drug-likeness (QED) is 0.866. The van der Waals surface area contributed by atoms with Crippen LogP contribution in [0.2, 0.25) is 0 Å². The first-order valence-corrected chi connectivity index (χ1v) is 8.04. The summed E-state index contributed by atoms with van der Waals surface area (Å²) in [4.78, 5) is 12.0. The number of rotatable bonds is 5. The van der Waals surface area contributed by atoms with Crippen LogP contribution in [0.4, 0.5) is 0 Å². The number of carbonyl (C=O) groups excluding carboxylic acids is 1. The van der Waals surface area contributed by atoms with E-state index < -0.39 is 0 Å². The Labute approximate surface area is 123 Å². The monoisotopic (exact) mass is 273 g/mol. The third kappa shape index (κ3) is 4.66. The maximum atomic E-state index is 12.0. The van der Waals surface area contributed by atoms with Crippen molar-refractivity contribution in [3.63, 3.8) is 0 Å². The molecule has 2 nitrogen and oxygen atoms in total. The molecule has 1 saturated carbocycles. The van der Waals surface area contributed by atoms with Gasteiger partial charge in [-0.1, -0.05) is 38.1 Å². The number of carbonyl (C=O) groups is 1. The number of aryl methyl sites for hydroxylation is 2. The van der Waals surface area contributed by atoms with Crippen molar-refractivity contribution in [2.45, 2.75) is 64.8 Å². The minimum Gasteiger partial charge on any atom is -0.353 e. The number of nitrogens with one attached hydrogen (secondary N) is 1. The summed E-state index contributed by atoms with van der Waals surface area (Å²) in [6.45, 7) is 4.46. The molecule has 2 rings (SSSR count). The highest BCUT2D eigenvalue weighted by atomic mass is 16.1. The molecular weight excluding hydrogens is 246 g/mol. The van der Waals surface area contributed by atoms with Crippen LogP contribution in [0.5, 0.6) is 0 Å². The van der Waals surface area contributed by atoms with Gasteiger partial charge in [0.1, 0.15) is 0 Å². The summed E-state index contributed by atoms with van der Waals surface area (Å²) in [5.74, 6) is 1.05. The van der Waals surface area contributed by atoms with E-state index in [0.717, 1.165) is 31.6 Å². The van der Waals surface area contributed by atoms with Crippen LogP contribution < -0.4 is 5.32 Å². The zero-order valence-electron chi connectivity index (χ0n) is 12.8. The van der Waals surface area contributed by atoms with Gasteiger partial charge in [0.15, 0.2) is 0 Å². The topological polar surface area (TPSA) is 29.1 Å². The Morgan fingerprint density at radius 2 is 1.70 bits per heavy atom. The van der Waals surface area contributed by atoms with Crippen molar-refractivity contribution in [3.8, 4) is 0 Å². The van der Waals surface area contributed by atoms with Gasteiger partial charge in [0, 0.05) is 12.5 Å². The van der Waals surface area contributed by atoms with Crippen LogP contribution >= 0.6 is 0 Å². The van der Waals surface area contributed by atoms with Crippen molar-refractivity contribution in [1.29, 1.82) is 0 Å².